The number of aryl methyl sites for hydroxylation is 1. The number of amides is 1. The predicted octanol–water partition coefficient (Wildman–Crippen LogP) is 0.979. The lowest BCUT2D eigenvalue weighted by molar-refractivity contribution is -0.141. The minimum absolute atomic E-state index is 0.180. The number of aliphatic carboxylic acids is 1. The normalized spacial score (nSPS) is 11.9. The Kier molecular flexibility index (Phi) is 6.44. The van der Waals surface area contributed by atoms with E-state index in [0.29, 0.717) is 23.8 Å². The van der Waals surface area contributed by atoms with Crippen molar-refractivity contribution in [1.29, 1.82) is 0 Å². The number of carbonyl (C=O) groups is 2. The minimum atomic E-state index is -1.09. The molecule has 0 saturated carbocycles. The Bertz CT molecular complexity index is 494. The molecule has 0 unspecified atom stereocenters. The predicted molar refractivity (Wildman–Crippen MR) is 77.9 cm³/mol. The quantitative estimate of drug-likeness (QED) is 0.601. The van der Waals surface area contributed by atoms with E-state index < -0.39 is 17.9 Å². The van der Waals surface area contributed by atoms with E-state index in [1.165, 1.54) is 0 Å². The molecule has 1 aromatic carbocycles. The molecule has 1 amide bonds. The van der Waals surface area contributed by atoms with Crippen molar-refractivity contribution >= 4 is 29.2 Å². The number of carboxylic acids is 1. The van der Waals surface area contributed by atoms with Gasteiger partial charge in [0.15, 0.2) is 0 Å². The third-order valence-corrected chi connectivity index (χ3v) is 3.09. The number of nitrogens with two attached hydrogens (primary N) is 1. The number of nitrogens with one attached hydrogen (secondary N) is 2. The van der Waals surface area contributed by atoms with E-state index in [0.717, 1.165) is 5.56 Å². The first-order valence-corrected chi connectivity index (χ1v) is 6.54. The van der Waals surface area contributed by atoms with Crippen LogP contribution in [-0.2, 0) is 9.59 Å². The van der Waals surface area contributed by atoms with Crippen molar-refractivity contribution in [1.82, 2.24) is 5.32 Å². The van der Waals surface area contributed by atoms with E-state index in [2.05, 4.69) is 10.6 Å². The molecular weight excluding hydrogens is 282 g/mol. The van der Waals surface area contributed by atoms with E-state index in [4.69, 9.17) is 22.4 Å². The van der Waals surface area contributed by atoms with Gasteiger partial charge >= 0.3 is 5.97 Å². The number of hydrogen-bond acceptors (Lipinski definition) is 4. The Morgan fingerprint density at radius 2 is 2.15 bits per heavy atom. The Hall–Kier alpha value is -1.63. The lowest BCUT2D eigenvalue weighted by Crippen LogP contribution is -2.41. The molecular formula is C13H18ClN3O3. The van der Waals surface area contributed by atoms with Gasteiger partial charge in [-0.15, -0.1) is 0 Å². The molecule has 0 spiro atoms. The van der Waals surface area contributed by atoms with Crippen LogP contribution in [0, 0.1) is 6.92 Å². The molecule has 0 aliphatic heterocycles. The average molecular weight is 300 g/mol. The third-order valence-electron chi connectivity index (χ3n) is 2.68. The third kappa shape index (κ3) is 5.16. The van der Waals surface area contributed by atoms with Crippen molar-refractivity contribution in [2.24, 2.45) is 5.73 Å². The number of anilines is 1. The molecule has 110 valence electrons. The van der Waals surface area contributed by atoms with Gasteiger partial charge < -0.3 is 21.5 Å². The van der Waals surface area contributed by atoms with Gasteiger partial charge in [0.2, 0.25) is 5.91 Å². The summed E-state index contributed by atoms with van der Waals surface area (Å²) in [6, 6.07) is 4.15. The molecule has 20 heavy (non-hydrogen) atoms. The number of benzene rings is 1. The summed E-state index contributed by atoms with van der Waals surface area (Å²) in [7, 11) is 0. The first-order chi connectivity index (χ1) is 9.43. The largest absolute Gasteiger partial charge is 0.480 e. The van der Waals surface area contributed by atoms with E-state index >= 15 is 0 Å². The fourth-order valence-electron chi connectivity index (χ4n) is 1.57. The summed E-state index contributed by atoms with van der Waals surface area (Å²) in [6.07, 6.45) is -0.180. The molecule has 1 rings (SSSR count). The zero-order chi connectivity index (χ0) is 15.1. The number of halogens is 1. The molecule has 0 bridgehead atoms. The highest BCUT2D eigenvalue weighted by Gasteiger charge is 2.20. The SMILES string of the molecule is Cc1ccc(NC(=O)C[C@@H](NCCN)C(=O)O)cc1Cl. The number of hydrogen-bond donors (Lipinski definition) is 4. The monoisotopic (exact) mass is 299 g/mol. The van der Waals surface area contributed by atoms with E-state index in [1.807, 2.05) is 6.92 Å². The molecule has 0 aromatic heterocycles. The van der Waals surface area contributed by atoms with Crippen LogP contribution in [0.5, 0.6) is 0 Å². The highest BCUT2D eigenvalue weighted by atomic mass is 35.5. The standard InChI is InChI=1S/C13H18ClN3O3/c1-8-2-3-9(6-10(8)14)17-12(18)7-11(13(19)20)16-5-4-15/h2-3,6,11,16H,4-5,7,15H2,1H3,(H,17,18)(H,19,20)/t11-/m1/s1. The molecule has 0 radical (unpaired) electrons. The lowest BCUT2D eigenvalue weighted by Gasteiger charge is -2.14. The van der Waals surface area contributed by atoms with Crippen LogP contribution in [0.3, 0.4) is 0 Å². The van der Waals surface area contributed by atoms with Gasteiger partial charge in [0, 0.05) is 23.8 Å². The summed E-state index contributed by atoms with van der Waals surface area (Å²) in [4.78, 5) is 22.8. The van der Waals surface area contributed by atoms with Crippen LogP contribution < -0.4 is 16.4 Å². The highest BCUT2D eigenvalue weighted by molar-refractivity contribution is 6.31. The van der Waals surface area contributed by atoms with Gasteiger partial charge in [-0.3, -0.25) is 9.59 Å². The molecule has 6 nitrogen and oxygen atoms in total. The van der Waals surface area contributed by atoms with Crippen LogP contribution in [-0.4, -0.2) is 36.1 Å². The van der Waals surface area contributed by atoms with Gasteiger partial charge in [0.1, 0.15) is 6.04 Å². The molecule has 1 atom stereocenters. The van der Waals surface area contributed by atoms with Gasteiger partial charge in [-0.1, -0.05) is 17.7 Å². The zero-order valence-corrected chi connectivity index (χ0v) is 11.9. The maximum absolute atomic E-state index is 11.8. The Labute approximate surface area is 122 Å². The summed E-state index contributed by atoms with van der Waals surface area (Å²) >= 11 is 5.95. The molecule has 0 aliphatic carbocycles. The van der Waals surface area contributed by atoms with Crippen molar-refractivity contribution in [3.05, 3.63) is 28.8 Å². The second-order valence-electron chi connectivity index (χ2n) is 4.35. The Morgan fingerprint density at radius 1 is 1.45 bits per heavy atom. The number of rotatable bonds is 7. The Balaban J connectivity index is 2.60. The van der Waals surface area contributed by atoms with Crippen LogP contribution >= 0.6 is 11.6 Å². The number of carboxylic acid groups (broad SMARTS) is 1. The molecule has 7 heteroatoms. The summed E-state index contributed by atoms with van der Waals surface area (Å²) in [6.45, 7) is 2.49. The van der Waals surface area contributed by atoms with Crippen LogP contribution in [0.2, 0.25) is 5.02 Å². The van der Waals surface area contributed by atoms with Crippen LogP contribution in [0.25, 0.3) is 0 Å². The molecule has 0 heterocycles. The topological polar surface area (TPSA) is 104 Å². The van der Waals surface area contributed by atoms with E-state index in [1.54, 1.807) is 18.2 Å². The smallest absolute Gasteiger partial charge is 0.321 e. The fraction of sp³-hybridized carbons (Fsp3) is 0.385. The first-order valence-electron chi connectivity index (χ1n) is 6.16. The minimum Gasteiger partial charge on any atom is -0.480 e. The lowest BCUT2D eigenvalue weighted by atomic mass is 10.2. The van der Waals surface area contributed by atoms with Gasteiger partial charge in [0.25, 0.3) is 0 Å². The summed E-state index contributed by atoms with van der Waals surface area (Å²) < 4.78 is 0. The van der Waals surface area contributed by atoms with Gasteiger partial charge in [-0.25, -0.2) is 0 Å². The second-order valence-corrected chi connectivity index (χ2v) is 4.76. The van der Waals surface area contributed by atoms with Crippen LogP contribution in [0.1, 0.15) is 12.0 Å². The fourth-order valence-corrected chi connectivity index (χ4v) is 1.75. The van der Waals surface area contributed by atoms with Gasteiger partial charge in [-0.2, -0.15) is 0 Å². The van der Waals surface area contributed by atoms with Crippen molar-refractivity contribution in [2.45, 2.75) is 19.4 Å². The van der Waals surface area contributed by atoms with E-state index in [-0.39, 0.29) is 6.42 Å². The van der Waals surface area contributed by atoms with Crippen LogP contribution in [0.15, 0.2) is 18.2 Å². The molecule has 1 aromatic rings. The average Bonchev–Trinajstić information content (AvgIpc) is 2.38. The molecule has 0 fully saturated rings. The van der Waals surface area contributed by atoms with Gasteiger partial charge in [0.05, 0.1) is 6.42 Å². The molecule has 0 aliphatic rings. The number of carbonyl (C=O) groups excluding carboxylic acids is 1. The maximum Gasteiger partial charge on any atom is 0.321 e. The summed E-state index contributed by atoms with van der Waals surface area (Å²) in [5.41, 5.74) is 6.73. The Morgan fingerprint density at radius 3 is 2.70 bits per heavy atom. The van der Waals surface area contributed by atoms with Crippen molar-refractivity contribution in [2.75, 3.05) is 18.4 Å². The summed E-state index contributed by atoms with van der Waals surface area (Å²) in [5, 5.41) is 14.8. The van der Waals surface area contributed by atoms with E-state index in [9.17, 15) is 9.59 Å². The maximum atomic E-state index is 11.8. The zero-order valence-electron chi connectivity index (χ0n) is 11.1. The highest BCUT2D eigenvalue weighted by Crippen LogP contribution is 2.20. The molecule has 5 N–H and O–H groups in total. The van der Waals surface area contributed by atoms with Crippen molar-refractivity contribution in [3.63, 3.8) is 0 Å². The van der Waals surface area contributed by atoms with Crippen LogP contribution in [0.4, 0.5) is 5.69 Å². The first kappa shape index (κ1) is 16.4. The van der Waals surface area contributed by atoms with Gasteiger partial charge in [-0.05, 0) is 24.6 Å². The van der Waals surface area contributed by atoms with Crippen molar-refractivity contribution < 1.29 is 14.7 Å². The molecule has 0 saturated heterocycles. The van der Waals surface area contributed by atoms with Crippen molar-refractivity contribution in [3.8, 4) is 0 Å². The second kappa shape index (κ2) is 7.84. The summed E-state index contributed by atoms with van der Waals surface area (Å²) in [5.74, 6) is -1.49.